The number of allylic oxidation sites excluding steroid dienone is 2. The quantitative estimate of drug-likeness (QED) is 0.238. The average Bonchev–Trinajstić information content (AvgIpc) is 3.80. The van der Waals surface area contributed by atoms with Crippen LogP contribution < -0.4 is 10.6 Å². The summed E-state index contributed by atoms with van der Waals surface area (Å²) >= 11 is 0. The van der Waals surface area contributed by atoms with Crippen LogP contribution in [0.1, 0.15) is 56.4 Å². The molecular formula is C39H45N5O8. The zero-order valence-corrected chi connectivity index (χ0v) is 29.6. The standard InChI is InChI=1S/C39H45N5O8/c1-24-9-7-15-40-34(46)14-13-26(3)36(27(4)22-51-39(49)43-33-20-28-10-5-6-11-29(28)21-41-33)52-38(48)32-12-8-16-44(32)37(47)31-23-50-35(42-31)19-25(2)18-30(45)17-24/h5-7,9-11,13-14,17,20-21,23,26-27,30,32,36,45H,2,8,12,15-16,18-19,22H2,1,3-4H3,(H,40,46)(H,41,43,49)/b9-7+,14-13+,24-17+/t26-,27+,30-,32-,36+/m1/s1. The van der Waals surface area contributed by atoms with E-state index in [4.69, 9.17) is 13.9 Å². The summed E-state index contributed by atoms with van der Waals surface area (Å²) < 4.78 is 17.2. The summed E-state index contributed by atoms with van der Waals surface area (Å²) in [6, 6.07) is 8.48. The Bertz CT molecular complexity index is 1880. The van der Waals surface area contributed by atoms with E-state index >= 15 is 0 Å². The molecule has 0 unspecified atom stereocenters. The summed E-state index contributed by atoms with van der Waals surface area (Å²) in [5, 5.41) is 17.8. The highest BCUT2D eigenvalue weighted by Crippen LogP contribution is 2.26. The minimum absolute atomic E-state index is 0.0508. The highest BCUT2D eigenvalue weighted by molar-refractivity contribution is 5.95. The maximum Gasteiger partial charge on any atom is 0.412 e. The molecule has 13 heteroatoms. The molecule has 1 fully saturated rings. The Morgan fingerprint density at radius 2 is 2.00 bits per heavy atom. The molecule has 3 N–H and O–H groups in total. The van der Waals surface area contributed by atoms with E-state index in [0.29, 0.717) is 30.8 Å². The third kappa shape index (κ3) is 10.3. The van der Waals surface area contributed by atoms with Crippen molar-refractivity contribution in [1.29, 1.82) is 0 Å². The minimum Gasteiger partial charge on any atom is -0.460 e. The highest BCUT2D eigenvalue weighted by Gasteiger charge is 2.39. The van der Waals surface area contributed by atoms with Gasteiger partial charge in [-0.1, -0.05) is 80.1 Å². The number of hydrogen-bond acceptors (Lipinski definition) is 10. The number of hydrogen-bond donors (Lipinski definition) is 3. The molecule has 2 aliphatic heterocycles. The van der Waals surface area contributed by atoms with Crippen LogP contribution in [-0.4, -0.2) is 81.8 Å². The van der Waals surface area contributed by atoms with Crippen molar-refractivity contribution in [2.45, 2.75) is 64.7 Å². The molecule has 1 saturated heterocycles. The molecule has 0 spiro atoms. The Morgan fingerprint density at radius 1 is 1.21 bits per heavy atom. The number of esters is 1. The summed E-state index contributed by atoms with van der Waals surface area (Å²) in [6.07, 6.45) is 10.2. The molecule has 0 aliphatic carbocycles. The third-order valence-corrected chi connectivity index (χ3v) is 8.91. The van der Waals surface area contributed by atoms with Crippen molar-refractivity contribution in [3.8, 4) is 0 Å². The number of carbonyl (C=O) groups is 4. The number of aromatic nitrogens is 2. The van der Waals surface area contributed by atoms with Crippen molar-refractivity contribution in [3.05, 3.63) is 102 Å². The fourth-order valence-electron chi connectivity index (χ4n) is 6.25. The van der Waals surface area contributed by atoms with Crippen LogP contribution in [0.15, 0.2) is 95.3 Å². The van der Waals surface area contributed by atoms with E-state index in [9.17, 15) is 24.3 Å². The van der Waals surface area contributed by atoms with E-state index < -0.39 is 48.1 Å². The van der Waals surface area contributed by atoms with Gasteiger partial charge < -0.3 is 29.2 Å². The number of cyclic esters (lactones) is 1. The van der Waals surface area contributed by atoms with Crippen LogP contribution in [0.4, 0.5) is 10.6 Å². The molecule has 2 bridgehead atoms. The number of aliphatic hydroxyl groups is 1. The first-order valence-corrected chi connectivity index (χ1v) is 17.4. The number of aliphatic hydroxyl groups excluding tert-OH is 1. The summed E-state index contributed by atoms with van der Waals surface area (Å²) in [4.78, 5) is 62.8. The second-order valence-corrected chi connectivity index (χ2v) is 13.3. The SMILES string of the molecule is C=C1Cc2nc(co2)C(=O)N2CCC[C@@H]2C(=O)O[C@H]([C@@H](C)COC(=O)Nc2cc3ccccc3cn2)[C@H](C)/C=C/C(=O)NC/C=C/C(C)=C/[C@@H](O)C1. The molecule has 2 aromatic heterocycles. The first-order chi connectivity index (χ1) is 25.0. The summed E-state index contributed by atoms with van der Waals surface area (Å²) in [7, 11) is 0. The van der Waals surface area contributed by atoms with Gasteiger partial charge in [-0.3, -0.25) is 14.9 Å². The molecule has 3 amide bonds. The topological polar surface area (TPSA) is 173 Å². The fraction of sp³-hybridized carbons (Fsp3) is 0.385. The molecule has 2 aliphatic rings. The van der Waals surface area contributed by atoms with E-state index in [2.05, 4.69) is 27.2 Å². The Labute approximate surface area is 302 Å². The van der Waals surface area contributed by atoms with Gasteiger partial charge in [0.05, 0.1) is 12.7 Å². The van der Waals surface area contributed by atoms with Gasteiger partial charge in [-0.25, -0.2) is 19.6 Å². The lowest BCUT2D eigenvalue weighted by atomic mass is 9.93. The molecular weight excluding hydrogens is 666 g/mol. The van der Waals surface area contributed by atoms with Crippen molar-refractivity contribution in [3.63, 3.8) is 0 Å². The maximum absolute atomic E-state index is 13.8. The van der Waals surface area contributed by atoms with Crippen molar-refractivity contribution < 1.29 is 38.2 Å². The molecule has 4 heterocycles. The first kappa shape index (κ1) is 37.7. The molecule has 274 valence electrons. The number of nitrogens with one attached hydrogen (secondary N) is 2. The molecule has 5 atom stereocenters. The molecule has 0 radical (unpaired) electrons. The largest absolute Gasteiger partial charge is 0.460 e. The lowest BCUT2D eigenvalue weighted by Crippen LogP contribution is -2.44. The molecule has 0 saturated carbocycles. The molecule has 52 heavy (non-hydrogen) atoms. The number of fused-ring (bicyclic) bond motifs is 4. The second kappa shape index (κ2) is 17.6. The van der Waals surface area contributed by atoms with Crippen LogP contribution in [0.5, 0.6) is 0 Å². The van der Waals surface area contributed by atoms with Crippen LogP contribution in [0, 0.1) is 11.8 Å². The zero-order valence-electron chi connectivity index (χ0n) is 29.6. The summed E-state index contributed by atoms with van der Waals surface area (Å²) in [5.41, 5.74) is 1.50. The average molecular weight is 712 g/mol. The van der Waals surface area contributed by atoms with E-state index in [-0.39, 0.29) is 43.5 Å². The number of carbonyl (C=O) groups excluding carboxylic acids is 4. The molecule has 5 rings (SSSR count). The number of benzene rings is 1. The minimum atomic E-state index is -0.876. The van der Waals surface area contributed by atoms with Crippen LogP contribution in [-0.2, 0) is 25.5 Å². The first-order valence-electron chi connectivity index (χ1n) is 17.4. The van der Waals surface area contributed by atoms with Gasteiger partial charge in [0, 0.05) is 42.9 Å². The van der Waals surface area contributed by atoms with E-state index in [1.165, 1.54) is 17.2 Å². The van der Waals surface area contributed by atoms with Gasteiger partial charge in [0.1, 0.15) is 24.2 Å². The summed E-state index contributed by atoms with van der Waals surface area (Å²) in [5.74, 6) is -1.86. The lowest BCUT2D eigenvalue weighted by Gasteiger charge is -2.30. The predicted molar refractivity (Wildman–Crippen MR) is 194 cm³/mol. The number of rotatable bonds is 4. The molecule has 1 aromatic carbocycles. The number of nitrogens with zero attached hydrogens (tertiary/aromatic N) is 3. The maximum atomic E-state index is 13.8. The van der Waals surface area contributed by atoms with Gasteiger partial charge in [-0.05, 0) is 43.7 Å². The van der Waals surface area contributed by atoms with E-state index in [1.54, 1.807) is 50.4 Å². The van der Waals surface area contributed by atoms with Gasteiger partial charge in [0.2, 0.25) is 5.91 Å². The van der Waals surface area contributed by atoms with Crippen molar-refractivity contribution in [2.24, 2.45) is 11.8 Å². The third-order valence-electron chi connectivity index (χ3n) is 8.91. The number of oxazole rings is 1. The smallest absolute Gasteiger partial charge is 0.412 e. The van der Waals surface area contributed by atoms with Gasteiger partial charge in [-0.15, -0.1) is 0 Å². The van der Waals surface area contributed by atoms with Gasteiger partial charge in [0.15, 0.2) is 11.6 Å². The number of pyridine rings is 1. The van der Waals surface area contributed by atoms with Gasteiger partial charge in [0.25, 0.3) is 5.91 Å². The van der Waals surface area contributed by atoms with E-state index in [1.807, 2.05) is 31.2 Å². The van der Waals surface area contributed by atoms with Crippen LogP contribution in [0.2, 0.25) is 0 Å². The molecule has 13 nitrogen and oxygen atoms in total. The summed E-state index contributed by atoms with van der Waals surface area (Å²) in [6.45, 7) is 9.87. The normalized spacial score (nSPS) is 25.2. The van der Waals surface area contributed by atoms with Crippen molar-refractivity contribution in [1.82, 2.24) is 20.2 Å². The molecule has 3 aromatic rings. The Hall–Kier alpha value is -5.56. The van der Waals surface area contributed by atoms with Crippen LogP contribution >= 0.6 is 0 Å². The van der Waals surface area contributed by atoms with Crippen LogP contribution in [0.3, 0.4) is 0 Å². The predicted octanol–water partition coefficient (Wildman–Crippen LogP) is 5.30. The lowest BCUT2D eigenvalue weighted by molar-refractivity contribution is -0.159. The highest BCUT2D eigenvalue weighted by atomic mass is 16.6. The van der Waals surface area contributed by atoms with Crippen molar-refractivity contribution in [2.75, 3.05) is 25.0 Å². The fourth-order valence-corrected chi connectivity index (χ4v) is 6.25. The van der Waals surface area contributed by atoms with Gasteiger partial charge >= 0.3 is 12.1 Å². The zero-order chi connectivity index (χ0) is 37.2. The van der Waals surface area contributed by atoms with Gasteiger partial charge in [-0.2, -0.15) is 0 Å². The van der Waals surface area contributed by atoms with E-state index in [0.717, 1.165) is 16.3 Å². The number of anilines is 1. The Kier molecular flexibility index (Phi) is 12.7. The Morgan fingerprint density at radius 3 is 2.81 bits per heavy atom. The number of amides is 3. The number of ether oxygens (including phenoxy) is 2. The Balaban J connectivity index is 1.32. The van der Waals surface area contributed by atoms with Crippen LogP contribution in [0.25, 0.3) is 10.8 Å². The second-order valence-electron chi connectivity index (χ2n) is 13.3. The van der Waals surface area contributed by atoms with Crippen molar-refractivity contribution >= 4 is 40.5 Å². The monoisotopic (exact) mass is 711 g/mol.